The lowest BCUT2D eigenvalue weighted by atomic mass is 9.91. The zero-order valence-corrected chi connectivity index (χ0v) is 13.6. The van der Waals surface area contributed by atoms with Crippen molar-refractivity contribution in [1.29, 1.82) is 0 Å². The molecular weight excluding hydrogens is 244 g/mol. The minimum absolute atomic E-state index is 0.311. The Bertz CT molecular complexity index is 550. The molecule has 2 rings (SSSR count). The van der Waals surface area contributed by atoms with Crippen molar-refractivity contribution in [3.05, 3.63) is 41.0 Å². The molecular formula is C18H24Si. The molecule has 0 bridgehead atoms. The van der Waals surface area contributed by atoms with Crippen LogP contribution in [0, 0.1) is 11.5 Å². The predicted octanol–water partition coefficient (Wildman–Crippen LogP) is 4.80. The molecule has 0 aromatic heterocycles. The number of rotatable bonds is 2. The van der Waals surface area contributed by atoms with Gasteiger partial charge < -0.3 is 0 Å². The van der Waals surface area contributed by atoms with Gasteiger partial charge in [-0.2, -0.15) is 0 Å². The van der Waals surface area contributed by atoms with Crippen molar-refractivity contribution in [2.45, 2.75) is 51.7 Å². The van der Waals surface area contributed by atoms with Crippen LogP contribution in [0.15, 0.2) is 18.7 Å². The van der Waals surface area contributed by atoms with Crippen LogP contribution in [0.1, 0.15) is 41.5 Å². The molecule has 0 amide bonds. The molecule has 0 heterocycles. The van der Waals surface area contributed by atoms with E-state index in [1.165, 1.54) is 41.5 Å². The summed E-state index contributed by atoms with van der Waals surface area (Å²) in [5.41, 5.74) is 9.25. The maximum absolute atomic E-state index is 4.02. The molecule has 0 fully saturated rings. The summed E-state index contributed by atoms with van der Waals surface area (Å²) in [6, 6.07) is 4.57. The average molecular weight is 268 g/mol. The first-order chi connectivity index (χ1) is 8.92. The fourth-order valence-electron chi connectivity index (χ4n) is 2.73. The van der Waals surface area contributed by atoms with Crippen molar-refractivity contribution >= 4 is 14.1 Å². The van der Waals surface area contributed by atoms with Crippen molar-refractivity contribution in [2.75, 3.05) is 0 Å². The van der Waals surface area contributed by atoms with E-state index in [4.69, 9.17) is 0 Å². The maximum Gasteiger partial charge on any atom is 0.129 e. The Kier molecular flexibility index (Phi) is 4.01. The highest BCUT2D eigenvalue weighted by molar-refractivity contribution is 6.83. The van der Waals surface area contributed by atoms with Crippen LogP contribution < -0.4 is 0 Å². The lowest BCUT2D eigenvalue weighted by Crippen LogP contribution is -2.16. The van der Waals surface area contributed by atoms with Crippen molar-refractivity contribution in [3.63, 3.8) is 0 Å². The number of hydrogen-bond acceptors (Lipinski definition) is 0. The van der Waals surface area contributed by atoms with Crippen LogP contribution in [0.25, 0.3) is 6.08 Å². The van der Waals surface area contributed by atoms with Gasteiger partial charge in [0, 0.05) is 5.92 Å². The summed E-state index contributed by atoms with van der Waals surface area (Å²) in [6.45, 7) is 13.1. The molecule has 1 aromatic carbocycles. The Morgan fingerprint density at radius 2 is 2.00 bits per heavy atom. The summed E-state index contributed by atoms with van der Waals surface area (Å²) in [5, 5.41) is 0. The van der Waals surface area contributed by atoms with Gasteiger partial charge in [-0.3, -0.25) is 0 Å². The van der Waals surface area contributed by atoms with Gasteiger partial charge in [-0.1, -0.05) is 44.4 Å². The van der Waals surface area contributed by atoms with Gasteiger partial charge in [0.25, 0.3) is 0 Å². The van der Waals surface area contributed by atoms with E-state index < -0.39 is 8.07 Å². The van der Waals surface area contributed by atoms with Crippen molar-refractivity contribution in [1.82, 2.24) is 0 Å². The lowest BCUT2D eigenvalue weighted by molar-refractivity contribution is 0.910. The largest absolute Gasteiger partial charge is 0.131 e. The van der Waals surface area contributed by atoms with E-state index >= 15 is 0 Å². The van der Waals surface area contributed by atoms with Crippen LogP contribution in [0.5, 0.6) is 0 Å². The maximum atomic E-state index is 4.02. The summed E-state index contributed by atoms with van der Waals surface area (Å²) >= 11 is 0. The van der Waals surface area contributed by atoms with Crippen LogP contribution in [0.2, 0.25) is 19.6 Å². The van der Waals surface area contributed by atoms with E-state index in [1.807, 2.05) is 6.08 Å². The van der Waals surface area contributed by atoms with E-state index in [2.05, 4.69) is 56.7 Å². The monoisotopic (exact) mass is 268 g/mol. The minimum Gasteiger partial charge on any atom is -0.131 e. The molecule has 19 heavy (non-hydrogen) atoms. The second-order valence-electron chi connectivity index (χ2n) is 6.50. The molecule has 0 N–H and O–H groups in total. The van der Waals surface area contributed by atoms with E-state index in [0.717, 1.165) is 0 Å². The summed E-state index contributed by atoms with van der Waals surface area (Å²) in [5.74, 6) is 3.78. The predicted molar refractivity (Wildman–Crippen MR) is 88.1 cm³/mol. The van der Waals surface area contributed by atoms with Crippen LogP contribution in [0.4, 0.5) is 0 Å². The first-order valence-electron chi connectivity index (χ1n) is 7.22. The summed E-state index contributed by atoms with van der Waals surface area (Å²) in [6.07, 6.45) is 5.75. The van der Waals surface area contributed by atoms with Gasteiger partial charge >= 0.3 is 0 Å². The normalized spacial score (nSPS) is 15.4. The Morgan fingerprint density at radius 3 is 2.63 bits per heavy atom. The molecule has 1 atom stereocenters. The Hall–Kier alpha value is -1.26. The summed E-state index contributed by atoms with van der Waals surface area (Å²) in [4.78, 5) is 0. The quantitative estimate of drug-likeness (QED) is 0.534. The van der Waals surface area contributed by atoms with Gasteiger partial charge in [0.2, 0.25) is 0 Å². The molecule has 0 nitrogen and oxygen atoms in total. The van der Waals surface area contributed by atoms with Crippen LogP contribution in [-0.4, -0.2) is 8.07 Å². The van der Waals surface area contributed by atoms with E-state index in [1.54, 1.807) is 0 Å². The van der Waals surface area contributed by atoms with Gasteiger partial charge in [-0.25, -0.2) is 0 Å². The van der Waals surface area contributed by atoms with Crippen LogP contribution in [-0.2, 0) is 12.8 Å². The molecule has 0 radical (unpaired) electrons. The highest BCUT2D eigenvalue weighted by Crippen LogP contribution is 2.32. The third kappa shape index (κ3) is 3.19. The molecule has 100 valence electrons. The Balaban J connectivity index is 2.40. The molecule has 0 aliphatic heterocycles. The second-order valence-corrected chi connectivity index (χ2v) is 11.3. The van der Waals surface area contributed by atoms with Gasteiger partial charge in [0.15, 0.2) is 0 Å². The number of hydrogen-bond donors (Lipinski definition) is 0. The van der Waals surface area contributed by atoms with E-state index in [-0.39, 0.29) is 0 Å². The topological polar surface area (TPSA) is 0 Å². The van der Waals surface area contributed by atoms with Crippen molar-refractivity contribution in [3.8, 4) is 11.5 Å². The first kappa shape index (κ1) is 14.2. The highest BCUT2D eigenvalue weighted by Gasteiger charge is 2.18. The Labute approximate surface area is 118 Å². The second kappa shape index (κ2) is 5.39. The first-order valence-corrected chi connectivity index (χ1v) is 10.7. The smallest absolute Gasteiger partial charge is 0.129 e. The Morgan fingerprint density at radius 1 is 1.26 bits per heavy atom. The average Bonchev–Trinajstić information content (AvgIpc) is 2.81. The van der Waals surface area contributed by atoms with Crippen molar-refractivity contribution < 1.29 is 0 Å². The van der Waals surface area contributed by atoms with Gasteiger partial charge in [0.1, 0.15) is 8.07 Å². The molecule has 0 spiro atoms. The van der Waals surface area contributed by atoms with Gasteiger partial charge in [-0.15, -0.1) is 11.5 Å². The van der Waals surface area contributed by atoms with Crippen LogP contribution >= 0.6 is 0 Å². The number of fused-ring (bicyclic) bond motifs is 1. The third-order valence-corrected chi connectivity index (χ3v) is 4.59. The van der Waals surface area contributed by atoms with Gasteiger partial charge in [-0.05, 0) is 48.4 Å². The van der Waals surface area contributed by atoms with Crippen LogP contribution in [0.3, 0.4) is 0 Å². The SMILES string of the molecule is C=Cc1c(C(C)C#C[Si](C)(C)C)ccc2c1CCC2. The molecule has 0 saturated heterocycles. The zero-order chi connectivity index (χ0) is 14.0. The standard InChI is InChI=1S/C18H24Si/c1-6-16-17(14(2)12-13-19(3,4)5)11-10-15-8-7-9-18(15)16/h6,10-11,14H,1,7-9H2,2-5H3. The number of aryl methyl sites for hydroxylation is 1. The fraction of sp³-hybridized carbons (Fsp3) is 0.444. The van der Waals surface area contributed by atoms with E-state index in [9.17, 15) is 0 Å². The third-order valence-electron chi connectivity index (χ3n) is 3.70. The molecule has 1 unspecified atom stereocenters. The summed E-state index contributed by atoms with van der Waals surface area (Å²) in [7, 11) is -1.29. The molecule has 1 aliphatic carbocycles. The van der Waals surface area contributed by atoms with Gasteiger partial charge in [0.05, 0.1) is 0 Å². The summed E-state index contributed by atoms with van der Waals surface area (Å²) < 4.78 is 0. The molecule has 1 aliphatic rings. The minimum atomic E-state index is -1.29. The van der Waals surface area contributed by atoms with Crippen molar-refractivity contribution in [2.24, 2.45) is 0 Å². The molecule has 1 heteroatoms. The van der Waals surface area contributed by atoms with E-state index in [0.29, 0.717) is 5.92 Å². The number of benzene rings is 1. The molecule has 0 saturated carbocycles. The molecule has 1 aromatic rings. The highest BCUT2D eigenvalue weighted by atomic mass is 28.3. The lowest BCUT2D eigenvalue weighted by Gasteiger charge is -2.14. The fourth-order valence-corrected chi connectivity index (χ4v) is 3.38. The zero-order valence-electron chi connectivity index (χ0n) is 12.6.